The van der Waals surface area contributed by atoms with Crippen LogP contribution in [0.3, 0.4) is 0 Å². The second kappa shape index (κ2) is 4.63. The molecule has 2 rings (SSSR count). The molecule has 2 heterocycles. The predicted octanol–water partition coefficient (Wildman–Crippen LogP) is 1.59. The molecule has 1 fully saturated rings. The van der Waals surface area contributed by atoms with E-state index in [1.165, 1.54) is 6.20 Å². The average Bonchev–Trinajstić information content (AvgIpc) is 2.19. The average molecular weight is 238 g/mol. The fraction of sp³-hybridized carbons (Fsp3) is 0.273. The quantitative estimate of drug-likeness (QED) is 0.769. The first-order valence-corrected chi connectivity index (χ1v) is 5.37. The van der Waals surface area contributed by atoms with Crippen LogP contribution in [0.2, 0.25) is 5.02 Å². The number of carbonyl (C=O) groups is 1. The SMILES string of the molecule is CC(C(=O)Nc1ccc(Cl)cn1)=C1CNC1. The molecule has 1 aromatic heterocycles. The molecule has 0 saturated carbocycles. The molecular weight excluding hydrogens is 226 g/mol. The highest BCUT2D eigenvalue weighted by Crippen LogP contribution is 2.13. The first-order valence-electron chi connectivity index (χ1n) is 4.99. The number of rotatable bonds is 2. The lowest BCUT2D eigenvalue weighted by molar-refractivity contribution is -0.112. The summed E-state index contributed by atoms with van der Waals surface area (Å²) in [7, 11) is 0. The van der Waals surface area contributed by atoms with E-state index in [1.807, 2.05) is 6.92 Å². The largest absolute Gasteiger partial charge is 0.309 e. The summed E-state index contributed by atoms with van der Waals surface area (Å²) in [6.45, 7) is 3.42. The van der Waals surface area contributed by atoms with Crippen molar-refractivity contribution in [2.24, 2.45) is 0 Å². The topological polar surface area (TPSA) is 54.0 Å². The Morgan fingerprint density at radius 1 is 1.50 bits per heavy atom. The number of pyridine rings is 1. The molecule has 0 aliphatic carbocycles. The van der Waals surface area contributed by atoms with Crippen molar-refractivity contribution >= 4 is 23.3 Å². The van der Waals surface area contributed by atoms with Crippen molar-refractivity contribution in [3.05, 3.63) is 34.5 Å². The number of hydrogen-bond acceptors (Lipinski definition) is 3. The van der Waals surface area contributed by atoms with Crippen LogP contribution in [0.4, 0.5) is 5.82 Å². The van der Waals surface area contributed by atoms with Gasteiger partial charge in [0.2, 0.25) is 0 Å². The molecule has 0 atom stereocenters. The number of aromatic nitrogens is 1. The Labute approximate surface area is 98.7 Å². The summed E-state index contributed by atoms with van der Waals surface area (Å²) < 4.78 is 0. The number of hydrogen-bond donors (Lipinski definition) is 2. The molecule has 0 unspecified atom stereocenters. The smallest absolute Gasteiger partial charge is 0.252 e. The van der Waals surface area contributed by atoms with E-state index in [-0.39, 0.29) is 5.91 Å². The Morgan fingerprint density at radius 2 is 2.25 bits per heavy atom. The lowest BCUT2D eigenvalue weighted by Gasteiger charge is -2.21. The fourth-order valence-electron chi connectivity index (χ4n) is 1.34. The Balaban J connectivity index is 2.04. The minimum absolute atomic E-state index is 0.105. The van der Waals surface area contributed by atoms with Crippen LogP contribution < -0.4 is 10.6 Å². The monoisotopic (exact) mass is 237 g/mol. The van der Waals surface area contributed by atoms with Gasteiger partial charge in [0.05, 0.1) is 5.02 Å². The predicted molar refractivity (Wildman–Crippen MR) is 63.4 cm³/mol. The van der Waals surface area contributed by atoms with Crippen LogP contribution in [0.15, 0.2) is 29.5 Å². The summed E-state index contributed by atoms with van der Waals surface area (Å²) >= 11 is 5.70. The van der Waals surface area contributed by atoms with Gasteiger partial charge in [0, 0.05) is 24.9 Å². The van der Waals surface area contributed by atoms with E-state index in [1.54, 1.807) is 12.1 Å². The molecule has 1 amide bonds. The van der Waals surface area contributed by atoms with Gasteiger partial charge in [-0.2, -0.15) is 0 Å². The lowest BCUT2D eigenvalue weighted by Crippen LogP contribution is -2.36. The first-order chi connectivity index (χ1) is 7.66. The minimum atomic E-state index is -0.105. The van der Waals surface area contributed by atoms with Gasteiger partial charge in [0.15, 0.2) is 0 Å². The fourth-order valence-corrected chi connectivity index (χ4v) is 1.45. The van der Waals surface area contributed by atoms with Crippen molar-refractivity contribution in [2.45, 2.75) is 6.92 Å². The highest BCUT2D eigenvalue weighted by atomic mass is 35.5. The third-order valence-corrected chi connectivity index (χ3v) is 2.74. The van der Waals surface area contributed by atoms with Gasteiger partial charge in [-0.3, -0.25) is 4.79 Å². The van der Waals surface area contributed by atoms with E-state index in [0.29, 0.717) is 10.8 Å². The van der Waals surface area contributed by atoms with E-state index in [0.717, 1.165) is 24.2 Å². The Kier molecular flexibility index (Phi) is 3.22. The van der Waals surface area contributed by atoms with Crippen molar-refractivity contribution in [2.75, 3.05) is 18.4 Å². The molecule has 16 heavy (non-hydrogen) atoms. The van der Waals surface area contributed by atoms with Crippen molar-refractivity contribution in [1.82, 2.24) is 10.3 Å². The number of nitrogens with zero attached hydrogens (tertiary/aromatic N) is 1. The van der Waals surface area contributed by atoms with Crippen molar-refractivity contribution in [3.8, 4) is 0 Å². The van der Waals surface area contributed by atoms with Crippen LogP contribution in [0.1, 0.15) is 6.92 Å². The summed E-state index contributed by atoms with van der Waals surface area (Å²) in [4.78, 5) is 15.8. The van der Waals surface area contributed by atoms with Gasteiger partial charge in [0.1, 0.15) is 5.82 Å². The molecule has 1 aromatic rings. The van der Waals surface area contributed by atoms with E-state index in [4.69, 9.17) is 11.6 Å². The second-order valence-electron chi connectivity index (χ2n) is 3.65. The molecule has 5 heteroatoms. The Hall–Kier alpha value is -1.39. The van der Waals surface area contributed by atoms with Crippen LogP contribution in [0.5, 0.6) is 0 Å². The molecule has 2 N–H and O–H groups in total. The third kappa shape index (κ3) is 2.40. The zero-order chi connectivity index (χ0) is 11.5. The third-order valence-electron chi connectivity index (χ3n) is 2.52. The molecule has 1 aliphatic rings. The normalized spacial score (nSPS) is 14.2. The molecular formula is C11H12ClN3O. The van der Waals surface area contributed by atoms with Gasteiger partial charge < -0.3 is 10.6 Å². The molecule has 84 valence electrons. The number of anilines is 1. The standard InChI is InChI=1S/C11H12ClN3O/c1-7(8-4-13-5-8)11(16)15-10-3-2-9(12)6-14-10/h2-3,6,13H,4-5H2,1H3,(H,14,15,16). The molecule has 1 saturated heterocycles. The van der Waals surface area contributed by atoms with Gasteiger partial charge in [-0.15, -0.1) is 0 Å². The van der Waals surface area contributed by atoms with Gasteiger partial charge in [0.25, 0.3) is 5.91 Å². The Morgan fingerprint density at radius 3 is 2.75 bits per heavy atom. The van der Waals surface area contributed by atoms with Crippen LogP contribution in [0.25, 0.3) is 0 Å². The van der Waals surface area contributed by atoms with Gasteiger partial charge in [-0.25, -0.2) is 4.98 Å². The van der Waals surface area contributed by atoms with Crippen LogP contribution in [-0.2, 0) is 4.79 Å². The molecule has 4 nitrogen and oxygen atoms in total. The number of amides is 1. The van der Waals surface area contributed by atoms with Gasteiger partial charge in [-0.1, -0.05) is 11.6 Å². The van der Waals surface area contributed by atoms with Crippen LogP contribution >= 0.6 is 11.6 Å². The van der Waals surface area contributed by atoms with Gasteiger partial charge >= 0.3 is 0 Å². The summed E-state index contributed by atoms with van der Waals surface area (Å²) in [6.07, 6.45) is 1.50. The molecule has 0 radical (unpaired) electrons. The molecule has 0 spiro atoms. The van der Waals surface area contributed by atoms with Crippen LogP contribution in [-0.4, -0.2) is 24.0 Å². The van der Waals surface area contributed by atoms with E-state index < -0.39 is 0 Å². The summed E-state index contributed by atoms with van der Waals surface area (Å²) in [6, 6.07) is 3.37. The van der Waals surface area contributed by atoms with E-state index >= 15 is 0 Å². The Bertz CT molecular complexity index is 433. The number of halogens is 1. The minimum Gasteiger partial charge on any atom is -0.309 e. The molecule has 0 bridgehead atoms. The molecule has 1 aliphatic heterocycles. The second-order valence-corrected chi connectivity index (χ2v) is 4.08. The van der Waals surface area contributed by atoms with Crippen molar-refractivity contribution in [3.63, 3.8) is 0 Å². The van der Waals surface area contributed by atoms with E-state index in [2.05, 4.69) is 15.6 Å². The highest BCUT2D eigenvalue weighted by Gasteiger charge is 2.16. The summed E-state index contributed by atoms with van der Waals surface area (Å²) in [5.74, 6) is 0.410. The van der Waals surface area contributed by atoms with Crippen molar-refractivity contribution in [1.29, 1.82) is 0 Å². The maximum atomic E-state index is 11.8. The first kappa shape index (κ1) is 11.1. The summed E-state index contributed by atoms with van der Waals surface area (Å²) in [5.41, 5.74) is 1.90. The summed E-state index contributed by atoms with van der Waals surface area (Å²) in [5, 5.41) is 6.37. The van der Waals surface area contributed by atoms with Crippen molar-refractivity contribution < 1.29 is 4.79 Å². The lowest BCUT2D eigenvalue weighted by atomic mass is 10.0. The maximum Gasteiger partial charge on any atom is 0.252 e. The number of nitrogens with one attached hydrogen (secondary N) is 2. The zero-order valence-corrected chi connectivity index (χ0v) is 9.64. The highest BCUT2D eigenvalue weighted by molar-refractivity contribution is 6.30. The molecule has 0 aromatic carbocycles. The van der Waals surface area contributed by atoms with Crippen LogP contribution in [0, 0.1) is 0 Å². The van der Waals surface area contributed by atoms with Gasteiger partial charge in [-0.05, 0) is 24.6 Å². The maximum absolute atomic E-state index is 11.8. The number of carbonyl (C=O) groups excluding carboxylic acids is 1. The zero-order valence-electron chi connectivity index (χ0n) is 8.88. The van der Waals surface area contributed by atoms with E-state index in [9.17, 15) is 4.79 Å².